The zero-order valence-corrected chi connectivity index (χ0v) is 14.6. The molecule has 0 aliphatic carbocycles. The maximum Gasteiger partial charge on any atom is 0.247 e. The summed E-state index contributed by atoms with van der Waals surface area (Å²) in [5.74, 6) is 0.445. The molecular weight excluding hydrogens is 349 g/mol. The van der Waals surface area contributed by atoms with Gasteiger partial charge in [0.05, 0.1) is 0 Å². The lowest BCUT2D eigenvalue weighted by Crippen LogP contribution is -2.23. The quantitative estimate of drug-likeness (QED) is 0.532. The lowest BCUT2D eigenvalue weighted by atomic mass is 10.1. The minimum absolute atomic E-state index is 0.310. The van der Waals surface area contributed by atoms with Gasteiger partial charge in [0.2, 0.25) is 11.8 Å². The van der Waals surface area contributed by atoms with Gasteiger partial charge < -0.3 is 4.42 Å². The van der Waals surface area contributed by atoms with Gasteiger partial charge in [0.25, 0.3) is 0 Å². The first kappa shape index (κ1) is 16.6. The van der Waals surface area contributed by atoms with Crippen LogP contribution in [0, 0.1) is 5.82 Å². The molecule has 0 aliphatic rings. The molecule has 0 radical (unpaired) electrons. The Kier molecular flexibility index (Phi) is 4.86. The van der Waals surface area contributed by atoms with Gasteiger partial charge in [-0.25, -0.2) is 4.39 Å². The molecule has 0 unspecified atom stereocenters. The monoisotopic (exact) mass is 365 g/mol. The molecule has 130 valence electrons. The minimum Gasteiger partial charge on any atom is -0.419 e. The SMILES string of the molecule is Fc1ccccc1[C@H](NCc1cccs1)c1nnc(-c2ccccc2)o1. The Morgan fingerprint density at radius 1 is 0.962 bits per heavy atom. The molecule has 6 heteroatoms. The number of nitrogens with one attached hydrogen (secondary N) is 1. The van der Waals surface area contributed by atoms with Crippen LogP contribution in [0.2, 0.25) is 0 Å². The molecule has 4 aromatic rings. The summed E-state index contributed by atoms with van der Waals surface area (Å²) < 4.78 is 20.3. The Morgan fingerprint density at radius 3 is 2.54 bits per heavy atom. The van der Waals surface area contributed by atoms with Gasteiger partial charge in [0, 0.05) is 22.5 Å². The van der Waals surface area contributed by atoms with Crippen molar-refractivity contribution in [2.24, 2.45) is 0 Å². The molecule has 4 nitrogen and oxygen atoms in total. The summed E-state index contributed by atoms with van der Waals surface area (Å²) in [7, 11) is 0. The van der Waals surface area contributed by atoms with Gasteiger partial charge in [-0.2, -0.15) is 0 Å². The van der Waals surface area contributed by atoms with E-state index in [0.717, 1.165) is 10.4 Å². The van der Waals surface area contributed by atoms with E-state index in [1.165, 1.54) is 6.07 Å². The first-order valence-electron chi connectivity index (χ1n) is 8.20. The van der Waals surface area contributed by atoms with Crippen LogP contribution in [-0.4, -0.2) is 10.2 Å². The van der Waals surface area contributed by atoms with E-state index in [-0.39, 0.29) is 5.82 Å². The third kappa shape index (κ3) is 3.56. The van der Waals surface area contributed by atoms with Crippen molar-refractivity contribution < 1.29 is 8.81 Å². The van der Waals surface area contributed by atoms with Crippen molar-refractivity contribution in [3.05, 3.63) is 94.3 Å². The molecule has 4 rings (SSSR count). The number of rotatable bonds is 6. The third-order valence-corrected chi connectivity index (χ3v) is 4.86. The van der Waals surface area contributed by atoms with Crippen LogP contribution in [0.5, 0.6) is 0 Å². The number of hydrogen-bond donors (Lipinski definition) is 1. The lowest BCUT2D eigenvalue weighted by Gasteiger charge is -2.15. The molecule has 0 spiro atoms. The van der Waals surface area contributed by atoms with Crippen LogP contribution in [0.15, 0.2) is 76.5 Å². The Balaban J connectivity index is 1.66. The summed E-state index contributed by atoms with van der Waals surface area (Å²) in [4.78, 5) is 1.15. The van der Waals surface area contributed by atoms with Gasteiger partial charge >= 0.3 is 0 Å². The summed E-state index contributed by atoms with van der Waals surface area (Å²) >= 11 is 1.64. The van der Waals surface area contributed by atoms with Crippen LogP contribution in [0.1, 0.15) is 22.4 Å². The smallest absolute Gasteiger partial charge is 0.247 e. The summed E-state index contributed by atoms with van der Waals surface area (Å²) in [5, 5.41) is 13.6. The van der Waals surface area contributed by atoms with Crippen molar-refractivity contribution in [1.29, 1.82) is 0 Å². The molecule has 1 atom stereocenters. The van der Waals surface area contributed by atoms with Gasteiger partial charge in [-0.3, -0.25) is 5.32 Å². The van der Waals surface area contributed by atoms with Gasteiger partial charge in [0.1, 0.15) is 11.9 Å². The third-order valence-electron chi connectivity index (χ3n) is 3.99. The van der Waals surface area contributed by atoms with Gasteiger partial charge in [-0.1, -0.05) is 42.5 Å². The van der Waals surface area contributed by atoms with Gasteiger partial charge in [0.15, 0.2) is 0 Å². The maximum absolute atomic E-state index is 14.4. The summed E-state index contributed by atoms with van der Waals surface area (Å²) in [5.41, 5.74) is 1.31. The molecule has 1 N–H and O–H groups in total. The van der Waals surface area contributed by atoms with Crippen molar-refractivity contribution in [2.45, 2.75) is 12.6 Å². The van der Waals surface area contributed by atoms with Crippen molar-refractivity contribution in [2.75, 3.05) is 0 Å². The second-order valence-electron chi connectivity index (χ2n) is 5.73. The summed E-state index contributed by atoms with van der Waals surface area (Å²) in [6, 6.07) is 19.6. The molecule has 0 fully saturated rings. The van der Waals surface area contributed by atoms with Crippen LogP contribution >= 0.6 is 11.3 Å². The highest BCUT2D eigenvalue weighted by Gasteiger charge is 2.23. The van der Waals surface area contributed by atoms with Crippen LogP contribution < -0.4 is 5.32 Å². The predicted molar refractivity (Wildman–Crippen MR) is 99.1 cm³/mol. The fourth-order valence-corrected chi connectivity index (χ4v) is 3.36. The van der Waals surface area contributed by atoms with Crippen LogP contribution in [0.4, 0.5) is 4.39 Å². The lowest BCUT2D eigenvalue weighted by molar-refractivity contribution is 0.428. The van der Waals surface area contributed by atoms with Gasteiger partial charge in [-0.05, 0) is 29.6 Å². The van der Waals surface area contributed by atoms with Crippen molar-refractivity contribution in [3.63, 3.8) is 0 Å². The predicted octanol–water partition coefficient (Wildman–Crippen LogP) is 4.82. The molecular formula is C20H16FN3OS. The van der Waals surface area contributed by atoms with Crippen molar-refractivity contribution >= 4 is 11.3 Å². The number of nitrogens with zero attached hydrogens (tertiary/aromatic N) is 2. The first-order chi connectivity index (χ1) is 12.8. The van der Waals surface area contributed by atoms with E-state index < -0.39 is 6.04 Å². The molecule has 0 amide bonds. The van der Waals surface area contributed by atoms with Gasteiger partial charge in [-0.15, -0.1) is 21.5 Å². The molecule has 2 aromatic carbocycles. The van der Waals surface area contributed by atoms with Crippen LogP contribution in [0.3, 0.4) is 0 Å². The molecule has 0 saturated heterocycles. The Hall–Kier alpha value is -2.83. The second-order valence-corrected chi connectivity index (χ2v) is 6.76. The highest BCUT2D eigenvalue weighted by Crippen LogP contribution is 2.27. The molecule has 26 heavy (non-hydrogen) atoms. The summed E-state index contributed by atoms with van der Waals surface area (Å²) in [6.07, 6.45) is 0. The number of thiophene rings is 1. The Bertz CT molecular complexity index is 970. The highest BCUT2D eigenvalue weighted by molar-refractivity contribution is 7.09. The normalized spacial score (nSPS) is 12.2. The van der Waals surface area contributed by atoms with Crippen LogP contribution in [-0.2, 0) is 6.54 Å². The number of halogens is 1. The van der Waals surface area contributed by atoms with E-state index >= 15 is 0 Å². The number of benzene rings is 2. The standard InChI is InChI=1S/C20H16FN3OS/c21-17-11-5-4-10-16(17)18(22-13-15-9-6-12-26-15)20-24-23-19(25-20)14-7-2-1-3-8-14/h1-12,18,22H,13H2/t18-/m0/s1. The molecule has 2 heterocycles. The number of hydrogen-bond acceptors (Lipinski definition) is 5. The zero-order chi connectivity index (χ0) is 17.8. The average molecular weight is 365 g/mol. The Labute approximate surface area is 154 Å². The van der Waals surface area contributed by atoms with E-state index in [1.807, 2.05) is 47.8 Å². The molecule has 0 bridgehead atoms. The second kappa shape index (κ2) is 7.59. The molecule has 0 saturated carbocycles. The molecule has 2 aromatic heterocycles. The maximum atomic E-state index is 14.4. The fourth-order valence-electron chi connectivity index (χ4n) is 2.70. The topological polar surface area (TPSA) is 51.0 Å². The Morgan fingerprint density at radius 2 is 1.77 bits per heavy atom. The number of aromatic nitrogens is 2. The van der Waals surface area contributed by atoms with E-state index in [4.69, 9.17) is 4.42 Å². The molecule has 0 aliphatic heterocycles. The van der Waals surface area contributed by atoms with Crippen LogP contribution in [0.25, 0.3) is 11.5 Å². The van der Waals surface area contributed by atoms with E-state index in [1.54, 1.807) is 29.5 Å². The average Bonchev–Trinajstić information content (AvgIpc) is 3.36. The van der Waals surface area contributed by atoms with Crippen molar-refractivity contribution in [1.82, 2.24) is 15.5 Å². The van der Waals surface area contributed by atoms with E-state index in [2.05, 4.69) is 15.5 Å². The zero-order valence-electron chi connectivity index (χ0n) is 13.8. The largest absolute Gasteiger partial charge is 0.419 e. The minimum atomic E-state index is -0.525. The first-order valence-corrected chi connectivity index (χ1v) is 9.08. The summed E-state index contributed by atoms with van der Waals surface area (Å²) in [6.45, 7) is 0.583. The van der Waals surface area contributed by atoms with E-state index in [9.17, 15) is 4.39 Å². The fraction of sp³-hybridized carbons (Fsp3) is 0.100. The van der Waals surface area contributed by atoms with Crippen molar-refractivity contribution in [3.8, 4) is 11.5 Å². The highest BCUT2D eigenvalue weighted by atomic mass is 32.1. The van der Waals surface area contributed by atoms with E-state index in [0.29, 0.717) is 23.9 Å².